The minimum absolute atomic E-state index is 0.613. The van der Waals surface area contributed by atoms with Crippen LogP contribution >= 0.6 is 0 Å². The SMILES string of the molecule is CCn1c(N=Nc2c(C)nn3c4ccccc4n(CC)c23)nc2ccccc21. The van der Waals surface area contributed by atoms with Gasteiger partial charge in [-0.15, -0.1) is 10.2 Å². The van der Waals surface area contributed by atoms with Crippen molar-refractivity contribution in [1.82, 2.24) is 23.7 Å². The summed E-state index contributed by atoms with van der Waals surface area (Å²) in [5.74, 6) is 0.613. The summed E-state index contributed by atoms with van der Waals surface area (Å²) < 4.78 is 6.27. The van der Waals surface area contributed by atoms with Gasteiger partial charge < -0.3 is 9.13 Å². The predicted molar refractivity (Wildman–Crippen MR) is 111 cm³/mol. The lowest BCUT2D eigenvalue weighted by atomic mass is 10.3. The Morgan fingerprint density at radius 3 is 2.25 bits per heavy atom. The van der Waals surface area contributed by atoms with E-state index in [0.29, 0.717) is 5.95 Å². The van der Waals surface area contributed by atoms with Crippen molar-refractivity contribution in [3.63, 3.8) is 0 Å². The number of rotatable bonds is 4. The molecule has 0 aliphatic carbocycles. The van der Waals surface area contributed by atoms with E-state index in [0.717, 1.165) is 52.2 Å². The molecule has 0 aliphatic rings. The average molecular weight is 371 g/mol. The molecule has 0 radical (unpaired) electrons. The molecule has 0 atom stereocenters. The van der Waals surface area contributed by atoms with Gasteiger partial charge in [0, 0.05) is 13.1 Å². The van der Waals surface area contributed by atoms with Crippen LogP contribution < -0.4 is 0 Å². The van der Waals surface area contributed by atoms with E-state index in [1.807, 2.05) is 41.8 Å². The fourth-order valence-electron chi connectivity index (χ4n) is 3.89. The topological polar surface area (TPSA) is 64.8 Å². The minimum Gasteiger partial charge on any atom is -0.323 e. The molecule has 3 aromatic heterocycles. The number of fused-ring (bicyclic) bond motifs is 4. The normalized spacial score (nSPS) is 12.2. The smallest absolute Gasteiger partial charge is 0.250 e. The maximum Gasteiger partial charge on any atom is 0.250 e. The monoisotopic (exact) mass is 371 g/mol. The standard InChI is InChI=1S/C21H21N7/c1-4-26-17-12-8-9-13-18(17)28-20(26)19(14(3)25-28)23-24-21-22-15-10-6-7-11-16(15)27(21)5-2/h6-13H,4-5H2,1-3H3. The Labute approximate surface area is 161 Å². The van der Waals surface area contributed by atoms with Crippen LogP contribution in [0.15, 0.2) is 58.8 Å². The largest absolute Gasteiger partial charge is 0.323 e. The number of hydrogen-bond donors (Lipinski definition) is 0. The maximum atomic E-state index is 4.72. The van der Waals surface area contributed by atoms with Gasteiger partial charge in [0.2, 0.25) is 5.95 Å². The summed E-state index contributed by atoms with van der Waals surface area (Å²) in [6.45, 7) is 7.81. The third-order valence-corrected chi connectivity index (χ3v) is 5.17. The van der Waals surface area contributed by atoms with Crippen LogP contribution in [0.25, 0.3) is 27.7 Å². The highest BCUT2D eigenvalue weighted by molar-refractivity contribution is 5.86. The van der Waals surface area contributed by atoms with Gasteiger partial charge in [-0.05, 0) is 45.0 Å². The van der Waals surface area contributed by atoms with Gasteiger partial charge in [-0.25, -0.2) is 9.50 Å². The summed E-state index contributed by atoms with van der Waals surface area (Å²) in [7, 11) is 0. The highest BCUT2D eigenvalue weighted by atomic mass is 15.3. The lowest BCUT2D eigenvalue weighted by Crippen LogP contribution is -1.93. The molecule has 0 aliphatic heterocycles. The van der Waals surface area contributed by atoms with Gasteiger partial charge in [0.25, 0.3) is 0 Å². The van der Waals surface area contributed by atoms with E-state index in [1.54, 1.807) is 0 Å². The van der Waals surface area contributed by atoms with E-state index in [4.69, 9.17) is 5.10 Å². The second kappa shape index (κ2) is 6.30. The van der Waals surface area contributed by atoms with Crippen molar-refractivity contribution in [2.45, 2.75) is 33.9 Å². The van der Waals surface area contributed by atoms with Gasteiger partial charge in [0.05, 0.1) is 27.8 Å². The Bertz CT molecular complexity index is 1350. The van der Waals surface area contributed by atoms with E-state index < -0.39 is 0 Å². The van der Waals surface area contributed by atoms with Crippen LogP contribution in [0.1, 0.15) is 19.5 Å². The average Bonchev–Trinajstić information content (AvgIpc) is 3.34. The maximum absolute atomic E-state index is 4.72. The van der Waals surface area contributed by atoms with Crippen molar-refractivity contribution < 1.29 is 0 Å². The molecule has 7 nitrogen and oxygen atoms in total. The number of benzene rings is 2. The molecule has 140 valence electrons. The molecule has 28 heavy (non-hydrogen) atoms. The Balaban J connectivity index is 1.71. The Morgan fingerprint density at radius 2 is 1.50 bits per heavy atom. The van der Waals surface area contributed by atoms with Crippen molar-refractivity contribution in [3.05, 3.63) is 54.2 Å². The Kier molecular flexibility index (Phi) is 3.75. The molecule has 5 aromatic rings. The van der Waals surface area contributed by atoms with Crippen LogP contribution in [0.3, 0.4) is 0 Å². The summed E-state index contributed by atoms with van der Waals surface area (Å²) >= 11 is 0. The van der Waals surface area contributed by atoms with E-state index in [2.05, 4.69) is 56.4 Å². The van der Waals surface area contributed by atoms with Gasteiger partial charge >= 0.3 is 0 Å². The highest BCUT2D eigenvalue weighted by Gasteiger charge is 2.18. The molecule has 0 saturated heterocycles. The highest BCUT2D eigenvalue weighted by Crippen LogP contribution is 2.32. The van der Waals surface area contributed by atoms with Crippen molar-refractivity contribution in [2.75, 3.05) is 0 Å². The van der Waals surface area contributed by atoms with Crippen molar-refractivity contribution >= 4 is 39.3 Å². The molecule has 0 amide bonds. The molecule has 7 heteroatoms. The van der Waals surface area contributed by atoms with Crippen LogP contribution in [0, 0.1) is 6.92 Å². The van der Waals surface area contributed by atoms with E-state index >= 15 is 0 Å². The van der Waals surface area contributed by atoms with Crippen LogP contribution in [0.4, 0.5) is 11.6 Å². The second-order valence-electron chi connectivity index (χ2n) is 6.75. The Hall–Kier alpha value is -3.48. The fourth-order valence-corrected chi connectivity index (χ4v) is 3.89. The van der Waals surface area contributed by atoms with Crippen molar-refractivity contribution in [3.8, 4) is 0 Å². The first-order valence-corrected chi connectivity index (χ1v) is 9.56. The third kappa shape index (κ3) is 2.29. The van der Waals surface area contributed by atoms with Crippen molar-refractivity contribution in [2.24, 2.45) is 10.2 Å². The molecule has 0 fully saturated rings. The van der Waals surface area contributed by atoms with Gasteiger partial charge in [0.1, 0.15) is 0 Å². The molecule has 3 heterocycles. The number of hydrogen-bond acceptors (Lipinski definition) is 4. The second-order valence-corrected chi connectivity index (χ2v) is 6.75. The van der Waals surface area contributed by atoms with Gasteiger partial charge in [-0.2, -0.15) is 5.10 Å². The number of aryl methyl sites for hydroxylation is 3. The molecule has 5 rings (SSSR count). The van der Waals surface area contributed by atoms with Crippen LogP contribution in [0.2, 0.25) is 0 Å². The molecule has 0 unspecified atom stereocenters. The number of azo groups is 1. The molecular formula is C21H21N7. The molecule has 0 spiro atoms. The molecule has 0 saturated carbocycles. The fraction of sp³-hybridized carbons (Fsp3) is 0.238. The summed E-state index contributed by atoms with van der Waals surface area (Å²) in [5.41, 5.74) is 6.81. The molecule has 2 aromatic carbocycles. The van der Waals surface area contributed by atoms with Gasteiger partial charge in [0.15, 0.2) is 11.3 Å². The number of nitrogens with zero attached hydrogens (tertiary/aromatic N) is 7. The van der Waals surface area contributed by atoms with Crippen molar-refractivity contribution in [1.29, 1.82) is 0 Å². The van der Waals surface area contributed by atoms with Gasteiger partial charge in [-0.1, -0.05) is 24.3 Å². The third-order valence-electron chi connectivity index (χ3n) is 5.17. The molecular weight excluding hydrogens is 350 g/mol. The number of aromatic nitrogens is 5. The summed E-state index contributed by atoms with van der Waals surface area (Å²) in [5, 5.41) is 13.9. The quantitative estimate of drug-likeness (QED) is 0.397. The first kappa shape index (κ1) is 16.7. The van der Waals surface area contributed by atoms with Crippen LogP contribution in [-0.4, -0.2) is 23.7 Å². The first-order chi connectivity index (χ1) is 13.7. The summed E-state index contributed by atoms with van der Waals surface area (Å²) in [6.07, 6.45) is 0. The molecule has 0 N–H and O–H groups in total. The summed E-state index contributed by atoms with van der Waals surface area (Å²) in [6, 6.07) is 16.3. The van der Waals surface area contributed by atoms with Gasteiger partial charge in [-0.3, -0.25) is 0 Å². The lowest BCUT2D eigenvalue weighted by molar-refractivity contribution is 0.781. The predicted octanol–water partition coefficient (Wildman–Crippen LogP) is 5.40. The summed E-state index contributed by atoms with van der Waals surface area (Å²) in [4.78, 5) is 4.65. The zero-order valence-corrected chi connectivity index (χ0v) is 16.2. The van der Waals surface area contributed by atoms with Crippen LogP contribution in [0.5, 0.6) is 0 Å². The van der Waals surface area contributed by atoms with Crippen LogP contribution in [-0.2, 0) is 13.1 Å². The molecule has 0 bridgehead atoms. The van der Waals surface area contributed by atoms with E-state index in [-0.39, 0.29) is 0 Å². The zero-order chi connectivity index (χ0) is 19.3. The zero-order valence-electron chi connectivity index (χ0n) is 16.2. The number of para-hydroxylation sites is 4. The number of imidazole rings is 2. The van der Waals surface area contributed by atoms with E-state index in [9.17, 15) is 0 Å². The minimum atomic E-state index is 0.613. The van der Waals surface area contributed by atoms with E-state index in [1.165, 1.54) is 0 Å². The Morgan fingerprint density at radius 1 is 0.821 bits per heavy atom. The first-order valence-electron chi connectivity index (χ1n) is 9.56. The lowest BCUT2D eigenvalue weighted by Gasteiger charge is -2.02.